The van der Waals surface area contributed by atoms with Crippen LogP contribution in [0.15, 0.2) is 29.1 Å². The van der Waals surface area contributed by atoms with Gasteiger partial charge in [0.2, 0.25) is 5.56 Å². The predicted octanol–water partition coefficient (Wildman–Crippen LogP) is 1.83. The Labute approximate surface area is 157 Å². The third-order valence-electron chi connectivity index (χ3n) is 4.99. The summed E-state index contributed by atoms with van der Waals surface area (Å²) < 4.78 is 13.5. The number of hydrogen-bond acceptors (Lipinski definition) is 4. The monoisotopic (exact) mass is 375 g/mol. The fraction of sp³-hybridized carbons (Fsp3) is 0.500. The van der Waals surface area contributed by atoms with E-state index in [9.17, 15) is 19.1 Å². The summed E-state index contributed by atoms with van der Waals surface area (Å²) in [5.74, 6) is -0.196. The summed E-state index contributed by atoms with van der Waals surface area (Å²) in [5, 5.41) is 9.94. The van der Waals surface area contributed by atoms with Crippen LogP contribution in [0.1, 0.15) is 30.6 Å². The Hall–Kier alpha value is -2.25. The van der Waals surface area contributed by atoms with E-state index in [0.29, 0.717) is 36.3 Å². The minimum Gasteiger partial charge on any atom is -0.396 e. The van der Waals surface area contributed by atoms with Gasteiger partial charge in [-0.3, -0.25) is 14.5 Å². The number of aliphatic hydroxyl groups excluding tert-OH is 1. The number of aliphatic hydroxyl groups is 1. The van der Waals surface area contributed by atoms with Crippen molar-refractivity contribution in [3.63, 3.8) is 0 Å². The minimum absolute atomic E-state index is 0.0640. The highest BCUT2D eigenvalue weighted by atomic mass is 19.1. The third kappa shape index (κ3) is 4.36. The molecular formula is C20H26FN3O3. The maximum absolute atomic E-state index is 13.5. The molecule has 2 aromatic rings. The first-order valence-electron chi connectivity index (χ1n) is 9.36. The van der Waals surface area contributed by atoms with E-state index in [0.717, 1.165) is 13.1 Å². The Bertz CT molecular complexity index is 880. The number of H-pyrrole nitrogens is 1. The van der Waals surface area contributed by atoms with Crippen LogP contribution in [0, 0.1) is 11.7 Å². The zero-order chi connectivity index (χ0) is 19.6. The number of nitrogens with zero attached hydrogens (tertiary/aromatic N) is 2. The maximum Gasteiger partial charge on any atom is 0.254 e. The van der Waals surface area contributed by atoms with Gasteiger partial charge in [-0.25, -0.2) is 4.39 Å². The van der Waals surface area contributed by atoms with Crippen LogP contribution in [0.3, 0.4) is 0 Å². The molecule has 2 N–H and O–H groups in total. The van der Waals surface area contributed by atoms with Gasteiger partial charge in [-0.15, -0.1) is 0 Å². The molecule has 27 heavy (non-hydrogen) atoms. The number of halogens is 1. The molecule has 1 fully saturated rings. The Kier molecular flexibility index (Phi) is 5.92. The maximum atomic E-state index is 13.5. The number of fused-ring (bicyclic) bond motifs is 1. The van der Waals surface area contributed by atoms with Crippen LogP contribution in [-0.2, 0) is 0 Å². The number of benzene rings is 1. The van der Waals surface area contributed by atoms with Crippen molar-refractivity contribution >= 4 is 16.8 Å². The van der Waals surface area contributed by atoms with Crippen LogP contribution in [0.2, 0.25) is 0 Å². The molecule has 146 valence electrons. The number of hydrogen-bond donors (Lipinski definition) is 2. The Morgan fingerprint density at radius 3 is 2.81 bits per heavy atom. The molecule has 0 saturated carbocycles. The highest BCUT2D eigenvalue weighted by molar-refractivity contribution is 6.06. The number of amides is 1. The summed E-state index contributed by atoms with van der Waals surface area (Å²) in [7, 11) is 0. The number of aromatic amines is 1. The van der Waals surface area contributed by atoms with E-state index in [2.05, 4.69) is 23.7 Å². The van der Waals surface area contributed by atoms with Crippen molar-refractivity contribution in [2.45, 2.75) is 26.3 Å². The lowest BCUT2D eigenvalue weighted by molar-refractivity contribution is 0.0386. The second kappa shape index (κ2) is 8.19. The zero-order valence-corrected chi connectivity index (χ0v) is 15.7. The second-order valence-electron chi connectivity index (χ2n) is 7.54. The van der Waals surface area contributed by atoms with Gasteiger partial charge < -0.3 is 15.0 Å². The van der Waals surface area contributed by atoms with Crippen LogP contribution in [0.25, 0.3) is 10.9 Å². The first-order valence-corrected chi connectivity index (χ1v) is 9.36. The molecule has 1 saturated heterocycles. The van der Waals surface area contributed by atoms with Crippen molar-refractivity contribution in [2.75, 3.05) is 32.8 Å². The number of nitrogens with one attached hydrogen (secondary N) is 1. The number of rotatable bonds is 5. The van der Waals surface area contributed by atoms with E-state index in [-0.39, 0.29) is 24.1 Å². The SMILES string of the molecule is CC(C)CN1CCN(C(=O)c2cc(=O)[nH]c3cc(F)ccc23)CC1CCO. The lowest BCUT2D eigenvalue weighted by Crippen LogP contribution is -2.55. The molecular weight excluding hydrogens is 349 g/mol. The zero-order valence-electron chi connectivity index (χ0n) is 15.7. The van der Waals surface area contributed by atoms with Crippen molar-refractivity contribution in [3.8, 4) is 0 Å². The molecule has 3 rings (SSSR count). The van der Waals surface area contributed by atoms with Gasteiger partial charge in [-0.1, -0.05) is 13.8 Å². The molecule has 1 unspecified atom stereocenters. The number of carbonyl (C=O) groups is 1. The van der Waals surface area contributed by atoms with E-state index in [1.54, 1.807) is 4.90 Å². The number of pyridine rings is 1. The Morgan fingerprint density at radius 2 is 2.11 bits per heavy atom. The minimum atomic E-state index is -0.465. The molecule has 1 aliphatic heterocycles. The number of piperazine rings is 1. The molecule has 1 aliphatic rings. The molecule has 0 bridgehead atoms. The largest absolute Gasteiger partial charge is 0.396 e. The third-order valence-corrected chi connectivity index (χ3v) is 4.99. The molecule has 2 heterocycles. The smallest absolute Gasteiger partial charge is 0.254 e. The van der Waals surface area contributed by atoms with Crippen LogP contribution in [0.4, 0.5) is 4.39 Å². The van der Waals surface area contributed by atoms with Gasteiger partial charge in [-0.05, 0) is 30.5 Å². The van der Waals surface area contributed by atoms with Crippen molar-refractivity contribution in [2.24, 2.45) is 5.92 Å². The number of aromatic nitrogens is 1. The van der Waals surface area contributed by atoms with E-state index < -0.39 is 11.4 Å². The topological polar surface area (TPSA) is 76.6 Å². The van der Waals surface area contributed by atoms with E-state index in [1.807, 2.05) is 0 Å². The average molecular weight is 375 g/mol. The van der Waals surface area contributed by atoms with Crippen molar-refractivity contribution in [3.05, 3.63) is 46.0 Å². The molecule has 1 amide bonds. The van der Waals surface area contributed by atoms with Gasteiger partial charge >= 0.3 is 0 Å². The van der Waals surface area contributed by atoms with Gasteiger partial charge in [0.25, 0.3) is 5.91 Å². The van der Waals surface area contributed by atoms with Crippen LogP contribution in [-0.4, -0.2) is 64.6 Å². The second-order valence-corrected chi connectivity index (χ2v) is 7.54. The van der Waals surface area contributed by atoms with Crippen LogP contribution in [0.5, 0.6) is 0 Å². The molecule has 0 spiro atoms. The predicted molar refractivity (Wildman–Crippen MR) is 102 cm³/mol. The summed E-state index contributed by atoms with van der Waals surface area (Å²) >= 11 is 0. The fourth-order valence-corrected chi connectivity index (χ4v) is 3.79. The van der Waals surface area contributed by atoms with Crippen molar-refractivity contribution in [1.29, 1.82) is 0 Å². The lowest BCUT2D eigenvalue weighted by atomic mass is 10.0. The average Bonchev–Trinajstić information content (AvgIpc) is 2.61. The summed E-state index contributed by atoms with van der Waals surface area (Å²) in [5.41, 5.74) is 0.173. The van der Waals surface area contributed by atoms with E-state index in [4.69, 9.17) is 0 Å². The van der Waals surface area contributed by atoms with Gasteiger partial charge in [0, 0.05) is 50.3 Å². The quantitative estimate of drug-likeness (QED) is 0.836. The highest BCUT2D eigenvalue weighted by Crippen LogP contribution is 2.21. The van der Waals surface area contributed by atoms with E-state index in [1.165, 1.54) is 24.3 Å². The molecule has 1 aromatic heterocycles. The molecule has 1 atom stereocenters. The normalized spacial score (nSPS) is 18.4. The standard InChI is InChI=1S/C20H26FN3O3/c1-13(2)11-23-6-7-24(12-15(23)5-8-25)20(27)17-10-19(26)22-18-9-14(21)3-4-16(17)18/h3-4,9-10,13,15,25H,5-8,11-12H2,1-2H3,(H,22,26). The molecule has 6 nitrogen and oxygen atoms in total. The lowest BCUT2D eigenvalue weighted by Gasteiger charge is -2.42. The van der Waals surface area contributed by atoms with Crippen molar-refractivity contribution < 1.29 is 14.3 Å². The highest BCUT2D eigenvalue weighted by Gasteiger charge is 2.30. The van der Waals surface area contributed by atoms with Gasteiger partial charge in [0.05, 0.1) is 11.1 Å². The summed E-state index contributed by atoms with van der Waals surface area (Å²) in [6.45, 7) is 7.06. The van der Waals surface area contributed by atoms with E-state index >= 15 is 0 Å². The Balaban J connectivity index is 1.88. The first kappa shape index (κ1) is 19.5. The molecule has 7 heteroatoms. The first-order chi connectivity index (χ1) is 12.9. The summed E-state index contributed by atoms with van der Waals surface area (Å²) in [6.07, 6.45) is 0.595. The summed E-state index contributed by atoms with van der Waals surface area (Å²) in [6, 6.07) is 5.40. The van der Waals surface area contributed by atoms with Crippen LogP contribution < -0.4 is 5.56 Å². The number of carbonyl (C=O) groups excluding carboxylic acids is 1. The van der Waals surface area contributed by atoms with Gasteiger partial charge in [-0.2, -0.15) is 0 Å². The summed E-state index contributed by atoms with van der Waals surface area (Å²) in [4.78, 5) is 31.7. The van der Waals surface area contributed by atoms with Crippen molar-refractivity contribution in [1.82, 2.24) is 14.8 Å². The van der Waals surface area contributed by atoms with Crippen LogP contribution >= 0.6 is 0 Å². The van der Waals surface area contributed by atoms with Gasteiger partial charge in [0.15, 0.2) is 0 Å². The Morgan fingerprint density at radius 1 is 1.33 bits per heavy atom. The molecule has 1 aromatic carbocycles. The fourth-order valence-electron chi connectivity index (χ4n) is 3.79. The molecule has 0 radical (unpaired) electrons. The van der Waals surface area contributed by atoms with Gasteiger partial charge in [0.1, 0.15) is 5.82 Å². The molecule has 0 aliphatic carbocycles.